The number of methoxy groups -OCH3 is 2. The number of hydrogen-bond acceptors (Lipinski definition) is 20. The first-order chi connectivity index (χ1) is 33.0. The Morgan fingerprint density at radius 1 is 0.522 bits per heavy atom. The summed E-state index contributed by atoms with van der Waals surface area (Å²) < 4.78 is 51.0. The maximum atomic E-state index is 12.9. The van der Waals surface area contributed by atoms with Gasteiger partial charge in [-0.2, -0.15) is 0 Å². The SMILES string of the molecule is COC1CC(C2OC3CC(O)CC4OC(C5C(O)CC(O)C6C[C@@H](O)[C@@H](C7CCC(O)C(O)C7)OC65)CC(C2O[C@@H]2O[C@H](COC(=O)C=CC5CCC(O)CC5)[C@@H](O)[C@H](O)[C@H]2O)C43)CC(OC)C1O. The van der Waals surface area contributed by atoms with Crippen molar-refractivity contribution < 1.29 is 98.9 Å². The van der Waals surface area contributed by atoms with Crippen LogP contribution in [0.4, 0.5) is 0 Å². The van der Waals surface area contributed by atoms with Crippen molar-refractivity contribution in [1.82, 2.24) is 0 Å². The summed E-state index contributed by atoms with van der Waals surface area (Å²) in [7, 11) is 3.00. The van der Waals surface area contributed by atoms with E-state index in [1.54, 1.807) is 6.08 Å². The van der Waals surface area contributed by atoms with Crippen LogP contribution in [0.3, 0.4) is 0 Å². The van der Waals surface area contributed by atoms with E-state index in [2.05, 4.69) is 0 Å². The zero-order chi connectivity index (χ0) is 49.0. The second kappa shape index (κ2) is 22.1. The smallest absolute Gasteiger partial charge is 0.330 e. The molecule has 5 aliphatic carbocycles. The number of allylic oxidation sites excluding steroid dienone is 1. The number of fused-ring (bicyclic) bond motifs is 1. The van der Waals surface area contributed by atoms with Crippen molar-refractivity contribution >= 4 is 5.97 Å². The first-order valence-electron chi connectivity index (χ1n) is 25.7. The van der Waals surface area contributed by atoms with Gasteiger partial charge < -0.3 is 94.1 Å². The summed E-state index contributed by atoms with van der Waals surface area (Å²) >= 11 is 0. The van der Waals surface area contributed by atoms with E-state index in [4.69, 9.17) is 37.9 Å². The van der Waals surface area contributed by atoms with Crippen LogP contribution in [0.5, 0.6) is 0 Å². The van der Waals surface area contributed by atoms with Crippen molar-refractivity contribution in [3.05, 3.63) is 12.2 Å². The Balaban J connectivity index is 1.01. The van der Waals surface area contributed by atoms with Crippen LogP contribution in [0, 0.1) is 41.4 Å². The van der Waals surface area contributed by atoms with E-state index in [1.165, 1.54) is 20.3 Å². The molecule has 9 aliphatic rings. The molecule has 4 saturated heterocycles. The lowest BCUT2D eigenvalue weighted by Crippen LogP contribution is -2.68. The topological polar surface area (TPSA) is 313 Å². The lowest BCUT2D eigenvalue weighted by Gasteiger charge is -2.60. The molecule has 0 spiro atoms. The molecule has 394 valence electrons. The predicted octanol–water partition coefficient (Wildman–Crippen LogP) is -1.66. The fourth-order valence-corrected chi connectivity index (χ4v) is 14.2. The van der Waals surface area contributed by atoms with Gasteiger partial charge >= 0.3 is 5.97 Å². The molecule has 9 rings (SSSR count). The predicted molar refractivity (Wildman–Crippen MR) is 236 cm³/mol. The molecule has 0 bridgehead atoms. The van der Waals surface area contributed by atoms with Crippen LogP contribution in [-0.2, 0) is 42.7 Å². The largest absolute Gasteiger partial charge is 0.460 e. The molecule has 69 heavy (non-hydrogen) atoms. The molecule has 0 amide bonds. The molecule has 0 aromatic rings. The van der Waals surface area contributed by atoms with E-state index < -0.39 is 165 Å². The van der Waals surface area contributed by atoms with Crippen LogP contribution in [0.25, 0.3) is 0 Å². The lowest BCUT2D eigenvalue weighted by atomic mass is 9.61. The summed E-state index contributed by atoms with van der Waals surface area (Å²) in [6, 6.07) is 0. The summed E-state index contributed by atoms with van der Waals surface area (Å²) in [5.74, 6) is -3.47. The van der Waals surface area contributed by atoms with Gasteiger partial charge in [-0.05, 0) is 107 Å². The Hall–Kier alpha value is -1.51. The molecule has 0 aromatic heterocycles. The highest BCUT2D eigenvalue weighted by Crippen LogP contribution is 2.54. The van der Waals surface area contributed by atoms with E-state index in [9.17, 15) is 61.0 Å². The molecular formula is C49H78O20. The van der Waals surface area contributed by atoms with Crippen molar-refractivity contribution in [2.45, 2.75) is 224 Å². The average molecular weight is 987 g/mol. The average Bonchev–Trinajstić information content (AvgIpc) is 3.32. The highest BCUT2D eigenvalue weighted by Gasteiger charge is 2.62. The third kappa shape index (κ3) is 10.9. The normalized spacial score (nSPS) is 53.8. The Kier molecular flexibility index (Phi) is 16.8. The van der Waals surface area contributed by atoms with Crippen molar-refractivity contribution in [3.8, 4) is 0 Å². The van der Waals surface area contributed by atoms with Crippen molar-refractivity contribution in [2.24, 2.45) is 41.4 Å². The fourth-order valence-electron chi connectivity index (χ4n) is 14.2. The molecule has 20 heteroatoms. The lowest BCUT2D eigenvalue weighted by molar-refractivity contribution is -0.355. The van der Waals surface area contributed by atoms with Gasteiger partial charge in [0.1, 0.15) is 37.1 Å². The van der Waals surface area contributed by atoms with Gasteiger partial charge in [-0.25, -0.2) is 4.79 Å². The maximum absolute atomic E-state index is 12.9. The molecule has 0 aromatic carbocycles. The van der Waals surface area contributed by atoms with Crippen molar-refractivity contribution in [1.29, 1.82) is 0 Å². The van der Waals surface area contributed by atoms with Gasteiger partial charge in [-0.1, -0.05) is 6.08 Å². The number of rotatable bonds is 11. The molecule has 5 saturated carbocycles. The highest BCUT2D eigenvalue weighted by molar-refractivity contribution is 5.81. The summed E-state index contributed by atoms with van der Waals surface area (Å²) in [5, 5.41) is 122. The summed E-state index contributed by atoms with van der Waals surface area (Å²) in [4.78, 5) is 12.9. The van der Waals surface area contributed by atoms with E-state index in [-0.39, 0.29) is 62.4 Å². The summed E-state index contributed by atoms with van der Waals surface area (Å²) in [5.41, 5.74) is 0. The highest BCUT2D eigenvalue weighted by atomic mass is 16.7. The monoisotopic (exact) mass is 987 g/mol. The fraction of sp³-hybridized carbons (Fsp3) is 0.939. The Bertz CT molecular complexity index is 1700. The van der Waals surface area contributed by atoms with Gasteiger partial charge in [-0.3, -0.25) is 0 Å². The number of aliphatic hydroxyl groups excluding tert-OH is 11. The van der Waals surface area contributed by atoms with Crippen LogP contribution in [0.1, 0.15) is 89.9 Å². The van der Waals surface area contributed by atoms with Gasteiger partial charge in [0.25, 0.3) is 0 Å². The number of carbonyl (C=O) groups is 1. The van der Waals surface area contributed by atoms with Gasteiger partial charge in [0.2, 0.25) is 0 Å². The molecule has 18 unspecified atom stereocenters. The number of carbonyl (C=O) groups excluding carboxylic acids is 1. The number of ether oxygens (including phenoxy) is 8. The minimum Gasteiger partial charge on any atom is -0.460 e. The van der Waals surface area contributed by atoms with Crippen LogP contribution >= 0.6 is 0 Å². The standard InChI is InChI=1S/C49H78O20/c1-62-35-12-22(13-36(63-2)41(35)58)46-48(69-49-44(61)43(60)42(59)37(67-49)19-64-38(57)10-5-20-3-7-23(50)8-4-20)26-17-34(65-32-14-24(51)15-33(66-46)39(26)32)40-30(55)18-28(53)25-16-31(56)45(68-47(25)40)21-6-9-27(52)29(54)11-21/h5,10,20-37,39-56,58-61H,3-4,6-9,11-19H2,1-2H3/t20?,21?,22?,23?,24?,25?,26?,27?,28?,29?,30?,31-,32?,33?,34?,35?,36?,37-,39?,40?,41?,42-,43+,44-,45-,46?,47?,48?,49+/m1/s1. The van der Waals surface area contributed by atoms with E-state index in [0.717, 1.165) is 12.8 Å². The van der Waals surface area contributed by atoms with Crippen LogP contribution in [0.2, 0.25) is 0 Å². The molecule has 25 atom stereocenters. The van der Waals surface area contributed by atoms with Crippen LogP contribution in [0.15, 0.2) is 12.2 Å². The molecule has 4 aliphatic heterocycles. The van der Waals surface area contributed by atoms with Crippen molar-refractivity contribution in [3.63, 3.8) is 0 Å². The van der Waals surface area contributed by atoms with Gasteiger partial charge in [0, 0.05) is 44.5 Å². The van der Waals surface area contributed by atoms with E-state index in [1.807, 2.05) is 0 Å². The third-order valence-electron chi connectivity index (χ3n) is 17.9. The van der Waals surface area contributed by atoms with Crippen molar-refractivity contribution in [2.75, 3.05) is 20.8 Å². The Morgan fingerprint density at radius 3 is 1.88 bits per heavy atom. The number of esters is 1. The van der Waals surface area contributed by atoms with Crippen LogP contribution < -0.4 is 0 Å². The third-order valence-corrected chi connectivity index (χ3v) is 17.9. The molecule has 9 fully saturated rings. The van der Waals surface area contributed by atoms with Gasteiger partial charge in [0.15, 0.2) is 6.29 Å². The van der Waals surface area contributed by atoms with E-state index in [0.29, 0.717) is 38.5 Å². The Labute approximate surface area is 402 Å². The van der Waals surface area contributed by atoms with Crippen LogP contribution in [-0.4, -0.2) is 217 Å². The van der Waals surface area contributed by atoms with E-state index >= 15 is 0 Å². The molecule has 4 heterocycles. The quantitative estimate of drug-likeness (QED) is 0.0816. The Morgan fingerprint density at radius 2 is 1.20 bits per heavy atom. The summed E-state index contributed by atoms with van der Waals surface area (Å²) in [6.45, 7) is -0.485. The zero-order valence-corrected chi connectivity index (χ0v) is 39.6. The molecule has 0 radical (unpaired) electrons. The van der Waals surface area contributed by atoms with Gasteiger partial charge in [0.05, 0.1) is 97.7 Å². The zero-order valence-electron chi connectivity index (χ0n) is 39.6. The minimum absolute atomic E-state index is 0.00749. The number of hydrogen-bond donors (Lipinski definition) is 11. The van der Waals surface area contributed by atoms with Gasteiger partial charge in [-0.15, -0.1) is 0 Å². The maximum Gasteiger partial charge on any atom is 0.330 e. The summed E-state index contributed by atoms with van der Waals surface area (Å²) in [6.07, 6.45) is -13.4. The molecule has 20 nitrogen and oxygen atoms in total. The first-order valence-corrected chi connectivity index (χ1v) is 25.7. The molecule has 11 N–H and O–H groups in total. The second-order valence-corrected chi connectivity index (χ2v) is 22.1. The number of aliphatic hydroxyl groups is 11. The first kappa shape index (κ1) is 52.4. The minimum atomic E-state index is -1.78. The second-order valence-electron chi connectivity index (χ2n) is 22.1. The molecular weight excluding hydrogens is 909 g/mol.